The first-order chi connectivity index (χ1) is 15.5. The number of aromatic nitrogens is 4. The van der Waals surface area contributed by atoms with Crippen LogP contribution in [0.5, 0.6) is 0 Å². The monoisotopic (exact) mass is 432 g/mol. The first-order valence-electron chi connectivity index (χ1n) is 11.1. The maximum Gasteiger partial charge on any atom is 0.329 e. The SMILES string of the molecule is CCN1CCN(Cc2nc3c(c(=O)[nH]c(=O)n3C)n2Cc2cccc3ccccc23)CC1. The zero-order valence-electron chi connectivity index (χ0n) is 18.5. The van der Waals surface area contributed by atoms with Gasteiger partial charge in [-0.3, -0.25) is 19.2 Å². The van der Waals surface area contributed by atoms with Gasteiger partial charge in [0.25, 0.3) is 5.56 Å². The standard InChI is InChI=1S/C24H28N6O2/c1-3-28-11-13-29(14-12-28)16-20-25-22-21(23(31)26-24(32)27(22)2)30(20)15-18-9-6-8-17-7-4-5-10-19(17)18/h4-10H,3,11-16H2,1-2H3,(H,26,31,32). The zero-order valence-corrected chi connectivity index (χ0v) is 18.5. The predicted octanol–water partition coefficient (Wildman–Crippen LogP) is 1.76. The lowest BCUT2D eigenvalue weighted by Crippen LogP contribution is -2.45. The summed E-state index contributed by atoms with van der Waals surface area (Å²) in [4.78, 5) is 37.1. The van der Waals surface area contributed by atoms with Crippen LogP contribution in [-0.2, 0) is 20.1 Å². The Labute approximate surface area is 185 Å². The van der Waals surface area contributed by atoms with E-state index in [0.29, 0.717) is 24.3 Å². The lowest BCUT2D eigenvalue weighted by Gasteiger charge is -2.33. The minimum Gasteiger partial charge on any atom is -0.317 e. The molecule has 1 fully saturated rings. The highest BCUT2D eigenvalue weighted by molar-refractivity contribution is 5.85. The molecule has 32 heavy (non-hydrogen) atoms. The average molecular weight is 433 g/mol. The summed E-state index contributed by atoms with van der Waals surface area (Å²) in [5.41, 5.74) is 1.16. The van der Waals surface area contributed by atoms with E-state index >= 15 is 0 Å². The first-order valence-corrected chi connectivity index (χ1v) is 11.1. The van der Waals surface area contributed by atoms with Crippen LogP contribution in [-0.4, -0.2) is 61.6 Å². The maximum atomic E-state index is 12.9. The van der Waals surface area contributed by atoms with Crippen molar-refractivity contribution >= 4 is 21.9 Å². The molecule has 2 aromatic carbocycles. The molecular weight excluding hydrogens is 404 g/mol. The second kappa shape index (κ2) is 8.37. The molecule has 8 nitrogen and oxygen atoms in total. The van der Waals surface area contributed by atoms with Gasteiger partial charge < -0.3 is 9.47 Å². The van der Waals surface area contributed by atoms with E-state index in [1.165, 1.54) is 4.57 Å². The fourth-order valence-corrected chi connectivity index (χ4v) is 4.64. The average Bonchev–Trinajstić information content (AvgIpc) is 3.17. The Hall–Kier alpha value is -3.23. The Kier molecular flexibility index (Phi) is 5.40. The van der Waals surface area contributed by atoms with Gasteiger partial charge in [-0.2, -0.15) is 0 Å². The number of hydrogen-bond donors (Lipinski definition) is 1. The van der Waals surface area contributed by atoms with Crippen molar-refractivity contribution in [2.45, 2.75) is 20.0 Å². The largest absolute Gasteiger partial charge is 0.329 e. The molecule has 0 bridgehead atoms. The van der Waals surface area contributed by atoms with Gasteiger partial charge in [0.05, 0.1) is 13.1 Å². The highest BCUT2D eigenvalue weighted by Crippen LogP contribution is 2.22. The minimum atomic E-state index is -0.444. The van der Waals surface area contributed by atoms with Gasteiger partial charge in [0, 0.05) is 33.2 Å². The second-order valence-electron chi connectivity index (χ2n) is 8.45. The number of aryl methyl sites for hydroxylation is 1. The summed E-state index contributed by atoms with van der Waals surface area (Å²) in [5, 5.41) is 2.31. The number of hydrogen-bond acceptors (Lipinski definition) is 5. The molecule has 4 aromatic rings. The highest BCUT2D eigenvalue weighted by atomic mass is 16.2. The van der Waals surface area contributed by atoms with Crippen molar-refractivity contribution in [1.82, 2.24) is 28.9 Å². The third kappa shape index (κ3) is 3.65. The van der Waals surface area contributed by atoms with Gasteiger partial charge in [0.2, 0.25) is 0 Å². The summed E-state index contributed by atoms with van der Waals surface area (Å²) in [6.07, 6.45) is 0. The van der Waals surface area contributed by atoms with E-state index in [0.717, 1.165) is 54.9 Å². The molecule has 0 saturated carbocycles. The number of piperazine rings is 1. The molecular formula is C24H28N6O2. The molecule has 1 aliphatic heterocycles. The molecule has 166 valence electrons. The fraction of sp³-hybridized carbons (Fsp3) is 0.375. The molecule has 3 heterocycles. The summed E-state index contributed by atoms with van der Waals surface area (Å²) < 4.78 is 3.41. The van der Waals surface area contributed by atoms with E-state index in [9.17, 15) is 9.59 Å². The number of nitrogens with one attached hydrogen (secondary N) is 1. The molecule has 1 saturated heterocycles. The molecule has 0 atom stereocenters. The van der Waals surface area contributed by atoms with E-state index in [4.69, 9.17) is 4.98 Å². The molecule has 0 unspecified atom stereocenters. The van der Waals surface area contributed by atoms with Gasteiger partial charge in [-0.15, -0.1) is 0 Å². The Bertz CT molecular complexity index is 1390. The normalized spacial score (nSPS) is 15.7. The summed E-state index contributed by atoms with van der Waals surface area (Å²) in [6, 6.07) is 14.5. The van der Waals surface area contributed by atoms with E-state index in [-0.39, 0.29) is 0 Å². The molecule has 0 aliphatic carbocycles. The summed E-state index contributed by atoms with van der Waals surface area (Å²) in [6.45, 7) is 8.38. The van der Waals surface area contributed by atoms with E-state index in [1.807, 2.05) is 22.8 Å². The molecule has 1 N–H and O–H groups in total. The number of benzene rings is 2. The van der Waals surface area contributed by atoms with E-state index in [1.54, 1.807) is 7.05 Å². The molecule has 2 aromatic heterocycles. The van der Waals surface area contributed by atoms with Crippen molar-refractivity contribution in [2.24, 2.45) is 7.05 Å². The van der Waals surface area contributed by atoms with Gasteiger partial charge in [-0.25, -0.2) is 9.78 Å². The molecule has 1 aliphatic rings. The second-order valence-corrected chi connectivity index (χ2v) is 8.45. The number of likely N-dealkylation sites (N-methyl/N-ethyl adjacent to an activating group) is 1. The van der Waals surface area contributed by atoms with Crippen LogP contribution in [0.2, 0.25) is 0 Å². The third-order valence-electron chi connectivity index (χ3n) is 6.57. The van der Waals surface area contributed by atoms with Crippen LogP contribution >= 0.6 is 0 Å². The van der Waals surface area contributed by atoms with Gasteiger partial charge in [-0.05, 0) is 22.9 Å². The topological polar surface area (TPSA) is 79.2 Å². The summed E-state index contributed by atoms with van der Waals surface area (Å²) in [7, 11) is 1.65. The maximum absolute atomic E-state index is 12.9. The third-order valence-corrected chi connectivity index (χ3v) is 6.57. The predicted molar refractivity (Wildman–Crippen MR) is 126 cm³/mol. The van der Waals surface area contributed by atoms with E-state index < -0.39 is 11.2 Å². The van der Waals surface area contributed by atoms with Crippen molar-refractivity contribution in [3.8, 4) is 0 Å². The van der Waals surface area contributed by atoms with Crippen molar-refractivity contribution in [2.75, 3.05) is 32.7 Å². The van der Waals surface area contributed by atoms with Crippen LogP contribution < -0.4 is 11.2 Å². The summed E-state index contributed by atoms with van der Waals surface area (Å²) >= 11 is 0. The van der Waals surface area contributed by atoms with Gasteiger partial charge in [0.15, 0.2) is 11.2 Å². The highest BCUT2D eigenvalue weighted by Gasteiger charge is 2.22. The quantitative estimate of drug-likeness (QED) is 0.520. The van der Waals surface area contributed by atoms with Crippen molar-refractivity contribution in [1.29, 1.82) is 0 Å². The van der Waals surface area contributed by atoms with E-state index in [2.05, 4.69) is 46.0 Å². The fourth-order valence-electron chi connectivity index (χ4n) is 4.64. The van der Waals surface area contributed by atoms with Crippen LogP contribution in [0.3, 0.4) is 0 Å². The van der Waals surface area contributed by atoms with Gasteiger partial charge in [-0.1, -0.05) is 49.4 Å². The zero-order chi connectivity index (χ0) is 22.2. The number of fused-ring (bicyclic) bond motifs is 2. The Morgan fingerprint density at radius 1 is 0.938 bits per heavy atom. The molecule has 0 spiro atoms. The Morgan fingerprint density at radius 3 is 2.44 bits per heavy atom. The molecule has 5 rings (SSSR count). The van der Waals surface area contributed by atoms with Crippen molar-refractivity contribution in [3.05, 3.63) is 74.7 Å². The van der Waals surface area contributed by atoms with Crippen LogP contribution in [0.1, 0.15) is 18.3 Å². The number of aromatic amines is 1. The molecule has 0 radical (unpaired) electrons. The van der Waals surface area contributed by atoms with Crippen LogP contribution in [0.25, 0.3) is 21.9 Å². The first kappa shape index (κ1) is 20.7. The van der Waals surface area contributed by atoms with Crippen molar-refractivity contribution in [3.63, 3.8) is 0 Å². The van der Waals surface area contributed by atoms with Gasteiger partial charge >= 0.3 is 5.69 Å². The molecule has 8 heteroatoms. The van der Waals surface area contributed by atoms with Crippen LogP contribution in [0.4, 0.5) is 0 Å². The summed E-state index contributed by atoms with van der Waals surface area (Å²) in [5.74, 6) is 0.810. The lowest BCUT2D eigenvalue weighted by molar-refractivity contribution is 0.129. The Morgan fingerprint density at radius 2 is 1.66 bits per heavy atom. The number of rotatable bonds is 5. The number of nitrogens with zero attached hydrogens (tertiary/aromatic N) is 5. The lowest BCUT2D eigenvalue weighted by atomic mass is 10.0. The van der Waals surface area contributed by atoms with Crippen LogP contribution in [0.15, 0.2) is 52.1 Å². The van der Waals surface area contributed by atoms with Gasteiger partial charge in [0.1, 0.15) is 5.82 Å². The Balaban J connectivity index is 1.61. The number of imidazole rings is 1. The van der Waals surface area contributed by atoms with Crippen LogP contribution in [0, 0.1) is 0 Å². The number of H-pyrrole nitrogens is 1. The van der Waals surface area contributed by atoms with Crippen molar-refractivity contribution < 1.29 is 0 Å². The smallest absolute Gasteiger partial charge is 0.317 e. The minimum absolute atomic E-state index is 0.391. The molecule has 0 amide bonds.